The van der Waals surface area contributed by atoms with Crippen LogP contribution in [0.3, 0.4) is 0 Å². The van der Waals surface area contributed by atoms with Crippen LogP contribution in [0.25, 0.3) is 0 Å². The van der Waals surface area contributed by atoms with E-state index in [2.05, 4.69) is 45.1 Å². The Hall–Kier alpha value is -3.22. The SMILES string of the molecule is CC(=O)ONC(=O)c1nc(CC2=CCC(c3ccccc3)CC2)nc(C)c1O. The average Bonchev–Trinajstić information content (AvgIpc) is 2.70. The molecule has 7 nitrogen and oxygen atoms in total. The van der Waals surface area contributed by atoms with Gasteiger partial charge in [-0.1, -0.05) is 42.0 Å². The number of hydroxylamine groups is 1. The number of allylic oxidation sites excluding steroid dienone is 2. The molecule has 1 atom stereocenters. The summed E-state index contributed by atoms with van der Waals surface area (Å²) in [6.07, 6.45) is 5.66. The molecule has 1 heterocycles. The Morgan fingerprint density at radius 2 is 2.00 bits per heavy atom. The van der Waals surface area contributed by atoms with Gasteiger partial charge in [-0.05, 0) is 37.7 Å². The minimum Gasteiger partial charge on any atom is -0.504 e. The zero-order valence-corrected chi connectivity index (χ0v) is 15.9. The van der Waals surface area contributed by atoms with Crippen molar-refractivity contribution in [2.24, 2.45) is 0 Å². The number of nitrogens with one attached hydrogen (secondary N) is 1. The summed E-state index contributed by atoms with van der Waals surface area (Å²) in [5.41, 5.74) is 4.62. The average molecular weight is 381 g/mol. The molecule has 146 valence electrons. The van der Waals surface area contributed by atoms with Gasteiger partial charge in [0.2, 0.25) is 0 Å². The summed E-state index contributed by atoms with van der Waals surface area (Å²) in [6.45, 7) is 2.76. The van der Waals surface area contributed by atoms with E-state index in [1.165, 1.54) is 11.1 Å². The summed E-state index contributed by atoms with van der Waals surface area (Å²) < 4.78 is 0. The standard InChI is InChI=1S/C21H23N3O4/c1-13-20(26)19(21(27)24-28-14(2)25)23-18(22-13)12-15-8-10-17(11-9-15)16-6-4-3-5-7-16/h3-8,17,26H,9-12H2,1-2H3,(H,24,27). The first-order chi connectivity index (χ1) is 13.4. The van der Waals surface area contributed by atoms with Crippen molar-refractivity contribution >= 4 is 11.9 Å². The fraction of sp³-hybridized carbons (Fsp3) is 0.333. The second kappa shape index (κ2) is 8.65. The van der Waals surface area contributed by atoms with Crippen molar-refractivity contribution in [3.05, 3.63) is 64.8 Å². The van der Waals surface area contributed by atoms with E-state index in [0.717, 1.165) is 26.2 Å². The number of carbonyl (C=O) groups is 2. The van der Waals surface area contributed by atoms with Crippen LogP contribution in [0.4, 0.5) is 0 Å². The number of carbonyl (C=O) groups excluding carboxylic acids is 2. The Balaban J connectivity index is 1.71. The van der Waals surface area contributed by atoms with Gasteiger partial charge in [0.15, 0.2) is 11.4 Å². The fourth-order valence-electron chi connectivity index (χ4n) is 3.31. The maximum absolute atomic E-state index is 12.1. The largest absolute Gasteiger partial charge is 0.504 e. The summed E-state index contributed by atoms with van der Waals surface area (Å²) in [6, 6.07) is 10.5. The number of nitrogens with zero attached hydrogens (tertiary/aromatic N) is 2. The highest BCUT2D eigenvalue weighted by Gasteiger charge is 2.21. The Morgan fingerprint density at radius 3 is 2.64 bits per heavy atom. The number of aromatic nitrogens is 2. The quantitative estimate of drug-likeness (QED) is 0.623. The minimum atomic E-state index is -0.791. The van der Waals surface area contributed by atoms with Gasteiger partial charge in [0.1, 0.15) is 5.82 Å². The highest BCUT2D eigenvalue weighted by atomic mass is 16.7. The van der Waals surface area contributed by atoms with Crippen molar-refractivity contribution in [3.63, 3.8) is 0 Å². The van der Waals surface area contributed by atoms with Crippen LogP contribution < -0.4 is 5.48 Å². The van der Waals surface area contributed by atoms with Crippen LogP contribution in [0, 0.1) is 6.92 Å². The third kappa shape index (κ3) is 4.73. The van der Waals surface area contributed by atoms with E-state index in [9.17, 15) is 14.7 Å². The Labute approximate surface area is 163 Å². The number of aryl methyl sites for hydroxylation is 1. The molecule has 28 heavy (non-hydrogen) atoms. The summed E-state index contributed by atoms with van der Waals surface area (Å²) in [5, 5.41) is 10.1. The lowest BCUT2D eigenvalue weighted by Crippen LogP contribution is -2.27. The molecule has 1 aromatic carbocycles. The Bertz CT molecular complexity index is 909. The maximum atomic E-state index is 12.1. The minimum absolute atomic E-state index is 0.206. The molecule has 2 aromatic rings. The molecule has 1 aliphatic carbocycles. The third-order valence-electron chi connectivity index (χ3n) is 4.77. The Kier molecular flexibility index (Phi) is 6.03. The molecule has 1 unspecified atom stereocenters. The Morgan fingerprint density at radius 1 is 1.25 bits per heavy atom. The van der Waals surface area contributed by atoms with E-state index in [4.69, 9.17) is 0 Å². The fourth-order valence-corrected chi connectivity index (χ4v) is 3.31. The number of rotatable bonds is 4. The van der Waals surface area contributed by atoms with Gasteiger partial charge >= 0.3 is 11.9 Å². The topological polar surface area (TPSA) is 101 Å². The van der Waals surface area contributed by atoms with Crippen LogP contribution in [0.1, 0.15) is 59.7 Å². The molecule has 0 saturated carbocycles. The lowest BCUT2D eigenvalue weighted by Gasteiger charge is -2.22. The van der Waals surface area contributed by atoms with E-state index < -0.39 is 11.9 Å². The van der Waals surface area contributed by atoms with Gasteiger partial charge < -0.3 is 9.94 Å². The zero-order valence-electron chi connectivity index (χ0n) is 15.9. The van der Waals surface area contributed by atoms with E-state index in [1.54, 1.807) is 6.92 Å². The third-order valence-corrected chi connectivity index (χ3v) is 4.77. The number of hydrogen-bond donors (Lipinski definition) is 2. The van der Waals surface area contributed by atoms with Gasteiger partial charge in [-0.3, -0.25) is 9.59 Å². The second-order valence-electron chi connectivity index (χ2n) is 6.87. The van der Waals surface area contributed by atoms with Gasteiger partial charge in [0, 0.05) is 13.3 Å². The van der Waals surface area contributed by atoms with Crippen LogP contribution in [0.5, 0.6) is 5.75 Å². The highest BCUT2D eigenvalue weighted by molar-refractivity contribution is 5.94. The van der Waals surface area contributed by atoms with Crippen molar-refractivity contribution in [1.82, 2.24) is 15.4 Å². The molecule has 0 saturated heterocycles. The normalized spacial score (nSPS) is 16.2. The highest BCUT2D eigenvalue weighted by Crippen LogP contribution is 2.33. The van der Waals surface area contributed by atoms with E-state index in [-0.39, 0.29) is 11.4 Å². The van der Waals surface area contributed by atoms with Crippen LogP contribution in [0.15, 0.2) is 42.0 Å². The van der Waals surface area contributed by atoms with Crippen molar-refractivity contribution in [1.29, 1.82) is 0 Å². The van der Waals surface area contributed by atoms with Crippen molar-refractivity contribution in [3.8, 4) is 5.75 Å². The van der Waals surface area contributed by atoms with Gasteiger partial charge in [-0.15, -0.1) is 0 Å². The van der Waals surface area contributed by atoms with Crippen molar-refractivity contribution < 1.29 is 19.5 Å². The molecular weight excluding hydrogens is 358 g/mol. The second-order valence-corrected chi connectivity index (χ2v) is 6.87. The van der Waals surface area contributed by atoms with E-state index in [0.29, 0.717) is 23.9 Å². The molecule has 0 aliphatic heterocycles. The number of benzene rings is 1. The molecular formula is C21H23N3O4. The van der Waals surface area contributed by atoms with Crippen molar-refractivity contribution in [2.45, 2.75) is 45.4 Å². The molecule has 0 fully saturated rings. The molecule has 2 N–H and O–H groups in total. The van der Waals surface area contributed by atoms with Gasteiger partial charge in [-0.25, -0.2) is 9.97 Å². The monoisotopic (exact) mass is 381 g/mol. The molecule has 1 amide bonds. The van der Waals surface area contributed by atoms with Crippen LogP contribution >= 0.6 is 0 Å². The molecule has 1 aliphatic rings. The summed E-state index contributed by atoms with van der Waals surface area (Å²) in [7, 11) is 0. The van der Waals surface area contributed by atoms with Gasteiger partial charge in [0.25, 0.3) is 0 Å². The predicted molar refractivity (Wildman–Crippen MR) is 102 cm³/mol. The van der Waals surface area contributed by atoms with E-state index in [1.807, 2.05) is 11.5 Å². The molecule has 7 heteroatoms. The summed E-state index contributed by atoms with van der Waals surface area (Å²) in [4.78, 5) is 35.9. The number of aromatic hydroxyl groups is 1. The smallest absolute Gasteiger partial charge is 0.329 e. The molecule has 0 bridgehead atoms. The first-order valence-electron chi connectivity index (χ1n) is 9.21. The van der Waals surface area contributed by atoms with Gasteiger partial charge in [0.05, 0.1) is 5.69 Å². The number of amides is 1. The van der Waals surface area contributed by atoms with Crippen LogP contribution in [0.2, 0.25) is 0 Å². The molecule has 0 radical (unpaired) electrons. The predicted octanol–water partition coefficient (Wildman–Crippen LogP) is 3.14. The van der Waals surface area contributed by atoms with Crippen LogP contribution in [-0.2, 0) is 16.1 Å². The lowest BCUT2D eigenvalue weighted by molar-refractivity contribution is -0.146. The first kappa shape index (κ1) is 19.5. The first-order valence-corrected chi connectivity index (χ1v) is 9.21. The summed E-state index contributed by atoms with van der Waals surface area (Å²) >= 11 is 0. The van der Waals surface area contributed by atoms with E-state index >= 15 is 0 Å². The molecule has 3 rings (SSSR count). The number of hydrogen-bond acceptors (Lipinski definition) is 6. The van der Waals surface area contributed by atoms with Gasteiger partial charge in [-0.2, -0.15) is 5.48 Å². The zero-order chi connectivity index (χ0) is 20.1. The molecule has 0 spiro atoms. The van der Waals surface area contributed by atoms with Crippen molar-refractivity contribution in [2.75, 3.05) is 0 Å². The molecule has 1 aromatic heterocycles. The maximum Gasteiger partial charge on any atom is 0.329 e. The van der Waals surface area contributed by atoms with Crippen LogP contribution in [-0.4, -0.2) is 27.0 Å². The summed E-state index contributed by atoms with van der Waals surface area (Å²) in [5.74, 6) is -0.819. The lowest BCUT2D eigenvalue weighted by atomic mass is 9.84.